The topological polar surface area (TPSA) is 44.0 Å². The van der Waals surface area contributed by atoms with Crippen molar-refractivity contribution in [3.63, 3.8) is 0 Å². The Balaban J connectivity index is 1.69. The molecule has 0 radical (unpaired) electrons. The van der Waals surface area contributed by atoms with Crippen molar-refractivity contribution in [3.8, 4) is 10.6 Å². The van der Waals surface area contributed by atoms with Crippen LogP contribution >= 0.6 is 11.3 Å². The molecule has 0 unspecified atom stereocenters. The maximum atomic E-state index is 4.48. The summed E-state index contributed by atoms with van der Waals surface area (Å²) in [5, 5.41) is 3.36. The van der Waals surface area contributed by atoms with Crippen LogP contribution in [0.4, 0.5) is 0 Å². The molecule has 3 heterocycles. The van der Waals surface area contributed by atoms with E-state index < -0.39 is 0 Å². The van der Waals surface area contributed by atoms with E-state index in [-0.39, 0.29) is 0 Å². The number of aromatic nitrogens is 2. The fourth-order valence-electron chi connectivity index (χ4n) is 2.23. The van der Waals surface area contributed by atoms with Gasteiger partial charge in [-0.05, 0) is 19.1 Å². The molecule has 18 heavy (non-hydrogen) atoms. The van der Waals surface area contributed by atoms with Gasteiger partial charge in [-0.3, -0.25) is 4.90 Å². The Hall–Kier alpha value is -1.17. The van der Waals surface area contributed by atoms with Crippen LogP contribution in [0.15, 0.2) is 18.3 Å². The highest BCUT2D eigenvalue weighted by molar-refractivity contribution is 7.15. The molecule has 0 bridgehead atoms. The number of aryl methyl sites for hydroxylation is 1. The summed E-state index contributed by atoms with van der Waals surface area (Å²) in [6, 6.07) is 4.30. The van der Waals surface area contributed by atoms with Gasteiger partial charge in [-0.25, -0.2) is 4.98 Å². The van der Waals surface area contributed by atoms with Gasteiger partial charge in [-0.15, -0.1) is 11.3 Å². The van der Waals surface area contributed by atoms with E-state index in [0.29, 0.717) is 0 Å². The number of thiophene rings is 1. The Labute approximate surface area is 111 Å². The number of nitrogens with one attached hydrogen (secondary N) is 2. The fraction of sp³-hybridized carbons (Fsp3) is 0.462. The smallest absolute Gasteiger partial charge is 0.120 e. The minimum atomic E-state index is 0.923. The second-order valence-corrected chi connectivity index (χ2v) is 5.97. The molecule has 1 saturated heterocycles. The van der Waals surface area contributed by atoms with Crippen molar-refractivity contribution in [2.24, 2.45) is 0 Å². The number of piperazine rings is 1. The van der Waals surface area contributed by atoms with Gasteiger partial charge in [0.15, 0.2) is 0 Å². The molecule has 2 aromatic rings. The van der Waals surface area contributed by atoms with Crippen LogP contribution in [-0.2, 0) is 6.54 Å². The Morgan fingerprint density at radius 3 is 2.89 bits per heavy atom. The molecule has 1 fully saturated rings. The van der Waals surface area contributed by atoms with Crippen molar-refractivity contribution in [1.29, 1.82) is 0 Å². The van der Waals surface area contributed by atoms with Gasteiger partial charge in [0.2, 0.25) is 0 Å². The Morgan fingerprint density at radius 2 is 2.17 bits per heavy atom. The van der Waals surface area contributed by atoms with Crippen LogP contribution in [0.25, 0.3) is 10.6 Å². The normalized spacial score (nSPS) is 17.2. The monoisotopic (exact) mass is 262 g/mol. The number of aromatic amines is 1. The van der Waals surface area contributed by atoms with E-state index in [2.05, 4.69) is 39.2 Å². The van der Waals surface area contributed by atoms with E-state index in [9.17, 15) is 0 Å². The standard InChI is InChI=1S/C13H18N4S/c1-10-2-3-12(18-10)11-8-15-13(16-11)9-17-6-4-14-5-7-17/h2-3,8,14H,4-7,9H2,1H3,(H,15,16). The summed E-state index contributed by atoms with van der Waals surface area (Å²) in [5.41, 5.74) is 1.14. The second kappa shape index (κ2) is 5.22. The minimum absolute atomic E-state index is 0.923. The lowest BCUT2D eigenvalue weighted by atomic mass is 10.3. The third kappa shape index (κ3) is 2.63. The predicted molar refractivity (Wildman–Crippen MR) is 74.8 cm³/mol. The maximum Gasteiger partial charge on any atom is 0.120 e. The first-order valence-corrected chi connectivity index (χ1v) is 7.17. The van der Waals surface area contributed by atoms with Gasteiger partial charge in [0.25, 0.3) is 0 Å². The van der Waals surface area contributed by atoms with Crippen LogP contribution in [-0.4, -0.2) is 41.0 Å². The van der Waals surface area contributed by atoms with Crippen molar-refractivity contribution in [2.45, 2.75) is 13.5 Å². The quantitative estimate of drug-likeness (QED) is 0.887. The van der Waals surface area contributed by atoms with Crippen molar-refractivity contribution in [2.75, 3.05) is 26.2 Å². The van der Waals surface area contributed by atoms with E-state index in [1.165, 1.54) is 9.75 Å². The molecule has 0 amide bonds. The minimum Gasteiger partial charge on any atom is -0.340 e. The van der Waals surface area contributed by atoms with E-state index in [0.717, 1.165) is 44.2 Å². The van der Waals surface area contributed by atoms with Crippen LogP contribution in [0, 0.1) is 6.92 Å². The number of hydrogen-bond donors (Lipinski definition) is 2. The van der Waals surface area contributed by atoms with Crippen molar-refractivity contribution in [1.82, 2.24) is 20.2 Å². The van der Waals surface area contributed by atoms with Gasteiger partial charge < -0.3 is 10.3 Å². The molecule has 0 atom stereocenters. The first-order valence-electron chi connectivity index (χ1n) is 6.35. The molecule has 3 rings (SSSR count). The Kier molecular flexibility index (Phi) is 3.45. The lowest BCUT2D eigenvalue weighted by Crippen LogP contribution is -2.43. The molecule has 96 valence electrons. The molecular weight excluding hydrogens is 244 g/mol. The molecule has 1 aliphatic rings. The van der Waals surface area contributed by atoms with E-state index >= 15 is 0 Å². The molecular formula is C13H18N4S. The van der Waals surface area contributed by atoms with Gasteiger partial charge >= 0.3 is 0 Å². The molecule has 5 heteroatoms. The molecule has 4 nitrogen and oxygen atoms in total. The molecule has 0 saturated carbocycles. The first-order chi connectivity index (χ1) is 8.81. The zero-order valence-corrected chi connectivity index (χ0v) is 11.4. The number of H-pyrrole nitrogens is 1. The second-order valence-electron chi connectivity index (χ2n) is 4.68. The fourth-order valence-corrected chi connectivity index (χ4v) is 3.06. The van der Waals surface area contributed by atoms with E-state index in [1.54, 1.807) is 11.3 Å². The van der Waals surface area contributed by atoms with E-state index in [1.807, 2.05) is 6.20 Å². The molecule has 0 aliphatic carbocycles. The largest absolute Gasteiger partial charge is 0.340 e. The number of rotatable bonds is 3. The van der Waals surface area contributed by atoms with Crippen LogP contribution in [0.2, 0.25) is 0 Å². The van der Waals surface area contributed by atoms with Crippen LogP contribution in [0.1, 0.15) is 10.7 Å². The first kappa shape index (κ1) is 11.9. The summed E-state index contributed by atoms with van der Waals surface area (Å²) in [5.74, 6) is 1.07. The lowest BCUT2D eigenvalue weighted by Gasteiger charge is -2.26. The van der Waals surface area contributed by atoms with Gasteiger partial charge in [-0.2, -0.15) is 0 Å². The zero-order chi connectivity index (χ0) is 12.4. The highest BCUT2D eigenvalue weighted by Gasteiger charge is 2.12. The molecule has 0 spiro atoms. The maximum absolute atomic E-state index is 4.48. The lowest BCUT2D eigenvalue weighted by molar-refractivity contribution is 0.228. The summed E-state index contributed by atoms with van der Waals surface area (Å²) < 4.78 is 0. The average Bonchev–Trinajstić information content (AvgIpc) is 2.99. The van der Waals surface area contributed by atoms with Gasteiger partial charge in [-0.1, -0.05) is 0 Å². The third-order valence-electron chi connectivity index (χ3n) is 3.22. The summed E-state index contributed by atoms with van der Waals surface area (Å²) in [6.07, 6.45) is 1.95. The van der Waals surface area contributed by atoms with Crippen molar-refractivity contribution >= 4 is 11.3 Å². The molecule has 1 aliphatic heterocycles. The van der Waals surface area contributed by atoms with E-state index in [4.69, 9.17) is 0 Å². The SMILES string of the molecule is Cc1ccc(-c2cnc(CN3CCNCC3)[nH]2)s1. The van der Waals surface area contributed by atoms with Gasteiger partial charge in [0.1, 0.15) is 5.82 Å². The van der Waals surface area contributed by atoms with Crippen LogP contribution < -0.4 is 5.32 Å². The van der Waals surface area contributed by atoms with Gasteiger partial charge in [0, 0.05) is 31.1 Å². The predicted octanol–water partition coefficient (Wildman–Crippen LogP) is 1.85. The van der Waals surface area contributed by atoms with Crippen LogP contribution in [0.5, 0.6) is 0 Å². The highest BCUT2D eigenvalue weighted by atomic mass is 32.1. The van der Waals surface area contributed by atoms with Crippen molar-refractivity contribution in [3.05, 3.63) is 29.0 Å². The Morgan fingerprint density at radius 1 is 1.33 bits per heavy atom. The van der Waals surface area contributed by atoms with Crippen LogP contribution in [0.3, 0.4) is 0 Å². The number of hydrogen-bond acceptors (Lipinski definition) is 4. The molecule has 2 N–H and O–H groups in total. The summed E-state index contributed by atoms with van der Waals surface area (Å²) in [7, 11) is 0. The molecule has 0 aromatic carbocycles. The summed E-state index contributed by atoms with van der Waals surface area (Å²) in [6.45, 7) is 7.43. The summed E-state index contributed by atoms with van der Waals surface area (Å²) in [4.78, 5) is 12.9. The summed E-state index contributed by atoms with van der Waals surface area (Å²) >= 11 is 1.81. The van der Waals surface area contributed by atoms with Crippen molar-refractivity contribution < 1.29 is 0 Å². The average molecular weight is 262 g/mol. The number of nitrogens with zero attached hydrogens (tertiary/aromatic N) is 2. The molecule has 2 aromatic heterocycles. The number of imidazole rings is 1. The highest BCUT2D eigenvalue weighted by Crippen LogP contribution is 2.26. The zero-order valence-electron chi connectivity index (χ0n) is 10.6. The third-order valence-corrected chi connectivity index (χ3v) is 4.25. The van der Waals surface area contributed by atoms with Gasteiger partial charge in [0.05, 0.1) is 23.3 Å². The Bertz CT molecular complexity index is 511.